The summed E-state index contributed by atoms with van der Waals surface area (Å²) in [5, 5.41) is 3.28. The summed E-state index contributed by atoms with van der Waals surface area (Å²) in [6.07, 6.45) is 3.91. The summed E-state index contributed by atoms with van der Waals surface area (Å²) in [7, 11) is 0. The average molecular weight is 326 g/mol. The van der Waals surface area contributed by atoms with E-state index >= 15 is 0 Å². The van der Waals surface area contributed by atoms with Crippen molar-refractivity contribution in [2.75, 3.05) is 18.5 Å². The van der Waals surface area contributed by atoms with Crippen molar-refractivity contribution in [2.45, 2.75) is 32.7 Å². The predicted molar refractivity (Wildman–Crippen MR) is 92.6 cm³/mol. The quantitative estimate of drug-likeness (QED) is 0.623. The van der Waals surface area contributed by atoms with E-state index in [9.17, 15) is 4.79 Å². The molecule has 1 fully saturated rings. The van der Waals surface area contributed by atoms with Crippen molar-refractivity contribution in [1.29, 1.82) is 0 Å². The maximum atomic E-state index is 12.0. The van der Waals surface area contributed by atoms with Crippen LogP contribution in [0.4, 0.5) is 5.82 Å². The number of aromatic nitrogens is 1. The van der Waals surface area contributed by atoms with Crippen LogP contribution in [0.2, 0.25) is 0 Å². The van der Waals surface area contributed by atoms with Gasteiger partial charge in [-0.25, -0.2) is 9.78 Å². The van der Waals surface area contributed by atoms with Gasteiger partial charge < -0.3 is 14.8 Å². The SMILES string of the molecule is Cc1cccc(C)c1OCCOC(=O)c1ccc(NC2CC2)nc1. The number of rotatable bonds is 7. The molecule has 2 aromatic rings. The van der Waals surface area contributed by atoms with E-state index in [0.29, 0.717) is 18.2 Å². The van der Waals surface area contributed by atoms with Crippen LogP contribution >= 0.6 is 0 Å². The number of esters is 1. The van der Waals surface area contributed by atoms with Crippen molar-refractivity contribution in [3.8, 4) is 5.75 Å². The Hall–Kier alpha value is -2.56. The molecule has 126 valence electrons. The number of para-hydroxylation sites is 1. The number of nitrogens with zero attached hydrogens (tertiary/aromatic N) is 1. The predicted octanol–water partition coefficient (Wildman–Crippen LogP) is 3.51. The number of carbonyl (C=O) groups is 1. The topological polar surface area (TPSA) is 60.5 Å². The Morgan fingerprint density at radius 1 is 1.17 bits per heavy atom. The Morgan fingerprint density at radius 2 is 1.92 bits per heavy atom. The molecule has 24 heavy (non-hydrogen) atoms. The lowest BCUT2D eigenvalue weighted by Gasteiger charge is -2.12. The number of carbonyl (C=O) groups excluding carboxylic acids is 1. The lowest BCUT2D eigenvalue weighted by Crippen LogP contribution is -2.13. The molecule has 5 heteroatoms. The number of aryl methyl sites for hydroxylation is 2. The molecular formula is C19H22N2O3. The van der Waals surface area contributed by atoms with Gasteiger partial charge in [0.05, 0.1) is 5.56 Å². The van der Waals surface area contributed by atoms with Crippen LogP contribution in [0.15, 0.2) is 36.5 Å². The molecule has 0 amide bonds. The van der Waals surface area contributed by atoms with E-state index in [2.05, 4.69) is 10.3 Å². The van der Waals surface area contributed by atoms with Gasteiger partial charge in [0.2, 0.25) is 0 Å². The minimum Gasteiger partial charge on any atom is -0.489 e. The molecular weight excluding hydrogens is 304 g/mol. The van der Waals surface area contributed by atoms with Gasteiger partial charge >= 0.3 is 5.97 Å². The van der Waals surface area contributed by atoms with Crippen molar-refractivity contribution in [3.05, 3.63) is 53.2 Å². The molecule has 1 aliphatic carbocycles. The van der Waals surface area contributed by atoms with Gasteiger partial charge in [0.1, 0.15) is 24.8 Å². The van der Waals surface area contributed by atoms with E-state index in [1.165, 1.54) is 12.8 Å². The Bertz CT molecular complexity index is 689. The maximum Gasteiger partial charge on any atom is 0.339 e. The van der Waals surface area contributed by atoms with E-state index in [1.807, 2.05) is 38.1 Å². The Morgan fingerprint density at radius 3 is 2.54 bits per heavy atom. The third-order valence-corrected chi connectivity index (χ3v) is 3.90. The van der Waals surface area contributed by atoms with Gasteiger partial charge in [-0.15, -0.1) is 0 Å². The van der Waals surface area contributed by atoms with Crippen LogP contribution in [0, 0.1) is 13.8 Å². The Balaban J connectivity index is 1.45. The van der Waals surface area contributed by atoms with E-state index in [-0.39, 0.29) is 12.6 Å². The number of anilines is 1. The highest BCUT2D eigenvalue weighted by Gasteiger charge is 2.21. The second-order valence-corrected chi connectivity index (χ2v) is 6.06. The molecule has 0 spiro atoms. The molecule has 1 saturated carbocycles. The Kier molecular flexibility index (Phi) is 4.99. The summed E-state index contributed by atoms with van der Waals surface area (Å²) in [5.41, 5.74) is 2.59. The molecule has 0 bridgehead atoms. The summed E-state index contributed by atoms with van der Waals surface area (Å²) in [6, 6.07) is 10.1. The fourth-order valence-electron chi connectivity index (χ4n) is 2.43. The first-order valence-corrected chi connectivity index (χ1v) is 8.22. The van der Waals surface area contributed by atoms with Crippen molar-refractivity contribution in [3.63, 3.8) is 0 Å². The van der Waals surface area contributed by atoms with E-state index in [4.69, 9.17) is 9.47 Å². The van der Waals surface area contributed by atoms with Crippen LogP contribution in [-0.4, -0.2) is 30.2 Å². The van der Waals surface area contributed by atoms with Gasteiger partial charge in [0.15, 0.2) is 0 Å². The van der Waals surface area contributed by atoms with Crippen molar-refractivity contribution >= 4 is 11.8 Å². The molecule has 0 unspecified atom stereocenters. The summed E-state index contributed by atoms with van der Waals surface area (Å²) >= 11 is 0. The first kappa shape index (κ1) is 16.3. The van der Waals surface area contributed by atoms with Gasteiger partial charge in [-0.05, 0) is 49.9 Å². The lowest BCUT2D eigenvalue weighted by molar-refractivity contribution is 0.0449. The summed E-state index contributed by atoms with van der Waals surface area (Å²) in [4.78, 5) is 16.2. The minimum absolute atomic E-state index is 0.203. The van der Waals surface area contributed by atoms with E-state index in [1.54, 1.807) is 12.3 Å². The van der Waals surface area contributed by atoms with Crippen LogP contribution in [0.25, 0.3) is 0 Å². The average Bonchev–Trinajstić information content (AvgIpc) is 3.38. The molecule has 0 saturated heterocycles. The van der Waals surface area contributed by atoms with Crippen molar-refractivity contribution < 1.29 is 14.3 Å². The lowest BCUT2D eigenvalue weighted by atomic mass is 10.1. The second kappa shape index (κ2) is 7.34. The zero-order chi connectivity index (χ0) is 16.9. The summed E-state index contributed by atoms with van der Waals surface area (Å²) < 4.78 is 11.0. The third-order valence-electron chi connectivity index (χ3n) is 3.90. The highest BCUT2D eigenvalue weighted by Crippen LogP contribution is 2.24. The van der Waals surface area contributed by atoms with E-state index in [0.717, 1.165) is 22.7 Å². The number of hydrogen-bond donors (Lipinski definition) is 1. The normalized spacial score (nSPS) is 13.4. The monoisotopic (exact) mass is 326 g/mol. The second-order valence-electron chi connectivity index (χ2n) is 6.06. The molecule has 0 radical (unpaired) electrons. The van der Waals surface area contributed by atoms with Gasteiger partial charge in [0, 0.05) is 12.2 Å². The van der Waals surface area contributed by atoms with E-state index < -0.39 is 0 Å². The zero-order valence-corrected chi connectivity index (χ0v) is 14.0. The van der Waals surface area contributed by atoms with Gasteiger partial charge in [0.25, 0.3) is 0 Å². The van der Waals surface area contributed by atoms with Crippen LogP contribution in [-0.2, 0) is 4.74 Å². The number of hydrogen-bond acceptors (Lipinski definition) is 5. The van der Waals surface area contributed by atoms with Crippen LogP contribution in [0.3, 0.4) is 0 Å². The van der Waals surface area contributed by atoms with Gasteiger partial charge in [-0.1, -0.05) is 18.2 Å². The number of nitrogens with one attached hydrogen (secondary N) is 1. The molecule has 1 aromatic carbocycles. The molecule has 1 aliphatic rings. The number of benzene rings is 1. The first-order valence-electron chi connectivity index (χ1n) is 8.22. The highest BCUT2D eigenvalue weighted by atomic mass is 16.6. The smallest absolute Gasteiger partial charge is 0.339 e. The maximum absolute atomic E-state index is 12.0. The zero-order valence-electron chi connectivity index (χ0n) is 14.0. The molecule has 1 aromatic heterocycles. The van der Waals surface area contributed by atoms with Crippen LogP contribution in [0.5, 0.6) is 5.75 Å². The van der Waals surface area contributed by atoms with Gasteiger partial charge in [-0.3, -0.25) is 0 Å². The Labute approximate surface area is 142 Å². The minimum atomic E-state index is -0.384. The third kappa shape index (κ3) is 4.25. The summed E-state index contributed by atoms with van der Waals surface area (Å²) in [6.45, 7) is 4.52. The first-order chi connectivity index (χ1) is 11.6. The standard InChI is InChI=1S/C19H22N2O3/c1-13-4-3-5-14(2)18(13)23-10-11-24-19(22)15-6-9-17(20-12-15)21-16-7-8-16/h3-6,9,12,16H,7-8,10-11H2,1-2H3,(H,20,21). The summed E-state index contributed by atoms with van der Waals surface area (Å²) in [5.74, 6) is 1.27. The van der Waals surface area contributed by atoms with Crippen molar-refractivity contribution in [1.82, 2.24) is 4.98 Å². The molecule has 0 aliphatic heterocycles. The number of pyridine rings is 1. The largest absolute Gasteiger partial charge is 0.489 e. The molecule has 3 rings (SSSR count). The van der Waals surface area contributed by atoms with Crippen molar-refractivity contribution in [2.24, 2.45) is 0 Å². The van der Waals surface area contributed by atoms with Crippen LogP contribution in [0.1, 0.15) is 34.3 Å². The number of ether oxygens (including phenoxy) is 2. The highest BCUT2D eigenvalue weighted by molar-refractivity contribution is 5.89. The molecule has 0 atom stereocenters. The fourth-order valence-corrected chi connectivity index (χ4v) is 2.43. The van der Waals surface area contributed by atoms with Crippen LogP contribution < -0.4 is 10.1 Å². The fraction of sp³-hybridized carbons (Fsp3) is 0.368. The molecule has 1 N–H and O–H groups in total. The molecule has 5 nitrogen and oxygen atoms in total. The van der Waals surface area contributed by atoms with Gasteiger partial charge in [-0.2, -0.15) is 0 Å². The molecule has 1 heterocycles.